The van der Waals surface area contributed by atoms with E-state index in [0.717, 1.165) is 25.0 Å². The molecule has 2 aliphatic rings. The van der Waals surface area contributed by atoms with E-state index in [1.54, 1.807) is 0 Å². The fraction of sp³-hybridized carbons (Fsp3) is 0.667. The fourth-order valence-electron chi connectivity index (χ4n) is 4.17. The van der Waals surface area contributed by atoms with Crippen molar-refractivity contribution in [1.82, 2.24) is 5.32 Å². The van der Waals surface area contributed by atoms with Crippen LogP contribution in [0.15, 0.2) is 18.2 Å². The van der Waals surface area contributed by atoms with Crippen LogP contribution >= 0.6 is 0 Å². The number of piperidine rings is 1. The minimum Gasteiger partial charge on any atom is -0.368 e. The Labute approximate surface area is 123 Å². The zero-order valence-corrected chi connectivity index (χ0v) is 13.0. The number of benzene rings is 1. The van der Waals surface area contributed by atoms with Crippen LogP contribution in [0.2, 0.25) is 0 Å². The van der Waals surface area contributed by atoms with Crippen molar-refractivity contribution < 1.29 is 0 Å². The van der Waals surface area contributed by atoms with Crippen LogP contribution in [0, 0.1) is 12.8 Å². The first-order valence-corrected chi connectivity index (χ1v) is 8.36. The van der Waals surface area contributed by atoms with Gasteiger partial charge in [0.15, 0.2) is 0 Å². The molecule has 2 unspecified atom stereocenters. The van der Waals surface area contributed by atoms with Crippen LogP contribution < -0.4 is 10.2 Å². The van der Waals surface area contributed by atoms with Crippen LogP contribution in [0.4, 0.5) is 5.69 Å². The zero-order valence-electron chi connectivity index (χ0n) is 13.0. The van der Waals surface area contributed by atoms with Crippen molar-refractivity contribution in [3.8, 4) is 0 Å². The van der Waals surface area contributed by atoms with Gasteiger partial charge in [0.2, 0.25) is 0 Å². The third-order valence-electron chi connectivity index (χ3n) is 5.14. The summed E-state index contributed by atoms with van der Waals surface area (Å²) < 4.78 is 0. The van der Waals surface area contributed by atoms with Crippen LogP contribution in [0.1, 0.15) is 50.2 Å². The monoisotopic (exact) mass is 272 g/mol. The van der Waals surface area contributed by atoms with Gasteiger partial charge < -0.3 is 10.2 Å². The summed E-state index contributed by atoms with van der Waals surface area (Å²) in [5.41, 5.74) is 4.35. The zero-order chi connectivity index (χ0) is 13.9. The van der Waals surface area contributed by atoms with Gasteiger partial charge in [0.1, 0.15) is 0 Å². The molecule has 2 fully saturated rings. The summed E-state index contributed by atoms with van der Waals surface area (Å²) in [6.07, 6.45) is 7.13. The lowest BCUT2D eigenvalue weighted by molar-refractivity contribution is 0.362. The van der Waals surface area contributed by atoms with Crippen molar-refractivity contribution in [1.29, 1.82) is 0 Å². The normalized spacial score (nSPS) is 25.8. The Hall–Kier alpha value is -1.02. The molecule has 2 nitrogen and oxygen atoms in total. The van der Waals surface area contributed by atoms with Gasteiger partial charge >= 0.3 is 0 Å². The lowest BCUT2D eigenvalue weighted by Gasteiger charge is -2.40. The molecule has 2 atom stereocenters. The van der Waals surface area contributed by atoms with E-state index in [9.17, 15) is 0 Å². The van der Waals surface area contributed by atoms with Gasteiger partial charge in [-0.1, -0.05) is 25.5 Å². The second kappa shape index (κ2) is 6.17. The second-order valence-corrected chi connectivity index (χ2v) is 6.50. The third kappa shape index (κ3) is 2.71. The quantitative estimate of drug-likeness (QED) is 0.895. The summed E-state index contributed by atoms with van der Waals surface area (Å²) in [7, 11) is 0. The molecule has 1 saturated heterocycles. The summed E-state index contributed by atoms with van der Waals surface area (Å²) >= 11 is 0. The smallest absolute Gasteiger partial charge is 0.0398 e. The van der Waals surface area contributed by atoms with Gasteiger partial charge in [-0.25, -0.2) is 0 Å². The summed E-state index contributed by atoms with van der Waals surface area (Å²) in [6, 6.07) is 7.87. The van der Waals surface area contributed by atoms with Crippen molar-refractivity contribution in [3.05, 3.63) is 29.3 Å². The maximum absolute atomic E-state index is 3.41. The van der Waals surface area contributed by atoms with Crippen LogP contribution in [0.25, 0.3) is 0 Å². The lowest BCUT2D eigenvalue weighted by atomic mass is 9.91. The van der Waals surface area contributed by atoms with E-state index in [2.05, 4.69) is 42.3 Å². The van der Waals surface area contributed by atoms with Gasteiger partial charge in [0.05, 0.1) is 0 Å². The van der Waals surface area contributed by atoms with Crippen molar-refractivity contribution in [2.45, 2.75) is 58.5 Å². The van der Waals surface area contributed by atoms with Gasteiger partial charge in [-0.2, -0.15) is 0 Å². The molecule has 1 aromatic rings. The van der Waals surface area contributed by atoms with E-state index >= 15 is 0 Å². The van der Waals surface area contributed by atoms with E-state index in [1.165, 1.54) is 55.5 Å². The van der Waals surface area contributed by atoms with Crippen molar-refractivity contribution in [2.75, 3.05) is 18.0 Å². The number of aryl methyl sites for hydroxylation is 1. The molecule has 2 heteroatoms. The van der Waals surface area contributed by atoms with Gasteiger partial charge in [0, 0.05) is 24.8 Å². The number of hydrogen-bond donors (Lipinski definition) is 1. The SMILES string of the molecule is CCNCc1ccc(N2CCCC3CCCC32)c(C)c1. The average Bonchev–Trinajstić information content (AvgIpc) is 2.94. The Kier molecular flexibility index (Phi) is 4.30. The number of rotatable bonds is 4. The summed E-state index contributed by atoms with van der Waals surface area (Å²) in [6.45, 7) is 7.73. The third-order valence-corrected chi connectivity index (χ3v) is 5.14. The van der Waals surface area contributed by atoms with Gasteiger partial charge in [-0.3, -0.25) is 0 Å². The molecule has 110 valence electrons. The highest BCUT2D eigenvalue weighted by atomic mass is 15.2. The molecule has 1 aliphatic carbocycles. The Morgan fingerprint density at radius 3 is 2.85 bits per heavy atom. The van der Waals surface area contributed by atoms with Gasteiger partial charge in [0.25, 0.3) is 0 Å². The molecule has 0 radical (unpaired) electrons. The fourth-order valence-corrected chi connectivity index (χ4v) is 4.17. The molecular formula is C18H28N2. The summed E-state index contributed by atoms with van der Waals surface area (Å²) in [5, 5.41) is 3.41. The maximum Gasteiger partial charge on any atom is 0.0398 e. The molecule has 20 heavy (non-hydrogen) atoms. The minimum absolute atomic E-state index is 0.821. The van der Waals surface area contributed by atoms with E-state index in [0.29, 0.717) is 0 Å². The highest BCUT2D eigenvalue weighted by Gasteiger charge is 2.35. The molecule has 1 aromatic carbocycles. The first-order chi connectivity index (χ1) is 9.79. The topological polar surface area (TPSA) is 15.3 Å². The van der Waals surface area contributed by atoms with Crippen LogP contribution in [-0.4, -0.2) is 19.1 Å². The number of fused-ring (bicyclic) bond motifs is 1. The summed E-state index contributed by atoms with van der Waals surface area (Å²) in [5.74, 6) is 0.963. The van der Waals surface area contributed by atoms with Crippen LogP contribution in [-0.2, 0) is 6.54 Å². The van der Waals surface area contributed by atoms with E-state index in [4.69, 9.17) is 0 Å². The lowest BCUT2D eigenvalue weighted by Crippen LogP contribution is -2.43. The van der Waals surface area contributed by atoms with Crippen molar-refractivity contribution >= 4 is 5.69 Å². The van der Waals surface area contributed by atoms with Crippen molar-refractivity contribution in [3.63, 3.8) is 0 Å². The minimum atomic E-state index is 0.821. The predicted molar refractivity (Wildman–Crippen MR) is 86.3 cm³/mol. The second-order valence-electron chi connectivity index (χ2n) is 6.50. The molecule has 0 spiro atoms. The molecule has 1 heterocycles. The molecule has 0 aromatic heterocycles. The maximum atomic E-state index is 3.41. The summed E-state index contributed by atoms with van der Waals surface area (Å²) in [4.78, 5) is 2.72. The molecule has 0 amide bonds. The number of nitrogens with zero attached hydrogens (tertiary/aromatic N) is 1. The Balaban J connectivity index is 1.79. The predicted octanol–water partition coefficient (Wildman–Crippen LogP) is 3.87. The Morgan fingerprint density at radius 1 is 1.20 bits per heavy atom. The first kappa shape index (κ1) is 13.9. The van der Waals surface area contributed by atoms with E-state index in [1.807, 2.05) is 0 Å². The molecular weight excluding hydrogens is 244 g/mol. The van der Waals surface area contributed by atoms with Crippen LogP contribution in [0.5, 0.6) is 0 Å². The van der Waals surface area contributed by atoms with E-state index < -0.39 is 0 Å². The molecule has 1 N–H and O–H groups in total. The Morgan fingerprint density at radius 2 is 2.05 bits per heavy atom. The molecule has 1 saturated carbocycles. The highest BCUT2D eigenvalue weighted by molar-refractivity contribution is 5.56. The molecule has 1 aliphatic heterocycles. The standard InChI is InChI=1S/C18H28N2/c1-3-19-13-15-9-10-17(14(2)12-15)20-11-5-7-16-6-4-8-18(16)20/h9-10,12,16,18-19H,3-8,11,13H2,1-2H3. The largest absolute Gasteiger partial charge is 0.368 e. The first-order valence-electron chi connectivity index (χ1n) is 8.36. The van der Waals surface area contributed by atoms with E-state index in [-0.39, 0.29) is 0 Å². The molecule has 0 bridgehead atoms. The number of anilines is 1. The number of hydrogen-bond acceptors (Lipinski definition) is 2. The van der Waals surface area contributed by atoms with Crippen LogP contribution in [0.3, 0.4) is 0 Å². The van der Waals surface area contributed by atoms with Crippen molar-refractivity contribution in [2.24, 2.45) is 5.92 Å². The van der Waals surface area contributed by atoms with Gasteiger partial charge in [-0.05, 0) is 62.3 Å². The molecule has 3 rings (SSSR count). The highest BCUT2D eigenvalue weighted by Crippen LogP contribution is 2.40. The number of nitrogens with one attached hydrogen (secondary N) is 1. The Bertz CT molecular complexity index is 455. The van der Waals surface area contributed by atoms with Gasteiger partial charge in [-0.15, -0.1) is 0 Å². The average molecular weight is 272 g/mol.